The summed E-state index contributed by atoms with van der Waals surface area (Å²) in [6, 6.07) is 0. The number of rotatable bonds is 5. The molecule has 0 aliphatic carbocycles. The van der Waals surface area contributed by atoms with E-state index in [1.807, 2.05) is 4.72 Å². The highest BCUT2D eigenvalue weighted by Crippen LogP contribution is 1.84. The quantitative estimate of drug-likeness (QED) is 0.542. The zero-order chi connectivity index (χ0) is 8.04. The van der Waals surface area contributed by atoms with E-state index in [0.717, 1.165) is 0 Å². The van der Waals surface area contributed by atoms with Crippen LogP contribution in [0.5, 0.6) is 0 Å². The van der Waals surface area contributed by atoms with Gasteiger partial charge < -0.3 is 4.74 Å². The van der Waals surface area contributed by atoms with Gasteiger partial charge in [-0.2, -0.15) is 13.1 Å². The van der Waals surface area contributed by atoms with Gasteiger partial charge in [-0.1, -0.05) is 0 Å². The van der Waals surface area contributed by atoms with Crippen LogP contribution in [0.3, 0.4) is 0 Å². The van der Waals surface area contributed by atoms with Crippen LogP contribution in [0.15, 0.2) is 0 Å². The van der Waals surface area contributed by atoms with Crippen LogP contribution in [0, 0.1) is 0 Å². The van der Waals surface area contributed by atoms with Crippen molar-refractivity contribution in [3.63, 3.8) is 0 Å². The van der Waals surface area contributed by atoms with E-state index in [2.05, 4.69) is 8.92 Å². The molecule has 10 heavy (non-hydrogen) atoms. The van der Waals surface area contributed by atoms with E-state index in [0.29, 0.717) is 0 Å². The van der Waals surface area contributed by atoms with Crippen molar-refractivity contribution in [2.24, 2.45) is 0 Å². The summed E-state index contributed by atoms with van der Waals surface area (Å²) in [5.41, 5.74) is 0. The molecule has 0 aromatic heterocycles. The molecule has 5 nitrogen and oxygen atoms in total. The Hall–Kier alpha value is -0.170. The van der Waals surface area contributed by atoms with Crippen molar-refractivity contribution in [2.45, 2.75) is 0 Å². The van der Waals surface area contributed by atoms with E-state index < -0.39 is 10.3 Å². The summed E-state index contributed by atoms with van der Waals surface area (Å²) in [6.45, 7) is 0.306. The second kappa shape index (κ2) is 4.62. The first-order chi connectivity index (χ1) is 4.62. The molecule has 0 heterocycles. The lowest BCUT2D eigenvalue weighted by Gasteiger charge is -2.01. The molecule has 0 fully saturated rings. The van der Waals surface area contributed by atoms with Crippen LogP contribution < -0.4 is 4.72 Å². The molecule has 0 radical (unpaired) electrons. The van der Waals surface area contributed by atoms with Gasteiger partial charge in [0.15, 0.2) is 0 Å². The second-order valence-corrected chi connectivity index (χ2v) is 3.03. The molecular formula is C4H11NO4S. The first-order valence-electron chi connectivity index (χ1n) is 2.69. The average Bonchev–Trinajstić information content (AvgIpc) is 1.89. The second-order valence-electron chi connectivity index (χ2n) is 1.47. The van der Waals surface area contributed by atoms with E-state index in [4.69, 9.17) is 0 Å². The molecule has 0 bridgehead atoms. The molecule has 0 saturated heterocycles. The molecule has 0 aromatic carbocycles. The minimum atomic E-state index is -3.52. The van der Waals surface area contributed by atoms with Gasteiger partial charge in [0.1, 0.15) is 0 Å². The summed E-state index contributed by atoms with van der Waals surface area (Å²) in [4.78, 5) is 0. The molecule has 0 aromatic rings. The van der Waals surface area contributed by atoms with Crippen LogP contribution in [0.1, 0.15) is 0 Å². The smallest absolute Gasteiger partial charge is 0.335 e. The SMILES string of the molecule is CNS(=O)(=O)OCCOC. The molecule has 0 saturated carbocycles. The van der Waals surface area contributed by atoms with Crippen molar-refractivity contribution in [3.05, 3.63) is 0 Å². The van der Waals surface area contributed by atoms with Crippen LogP contribution in [0.25, 0.3) is 0 Å². The lowest BCUT2D eigenvalue weighted by molar-refractivity contribution is 0.148. The van der Waals surface area contributed by atoms with Gasteiger partial charge in [-0.3, -0.25) is 4.18 Å². The van der Waals surface area contributed by atoms with E-state index in [1.54, 1.807) is 0 Å². The van der Waals surface area contributed by atoms with Gasteiger partial charge in [-0.05, 0) is 0 Å². The van der Waals surface area contributed by atoms with Crippen LogP contribution in [-0.4, -0.2) is 35.8 Å². The Kier molecular flexibility index (Phi) is 4.54. The summed E-state index contributed by atoms with van der Waals surface area (Å²) < 4.78 is 31.9. The van der Waals surface area contributed by atoms with Gasteiger partial charge in [-0.15, -0.1) is 0 Å². The Balaban J connectivity index is 3.49. The zero-order valence-electron chi connectivity index (χ0n) is 5.96. The number of methoxy groups -OCH3 is 1. The number of ether oxygens (including phenoxy) is 1. The summed E-state index contributed by atoms with van der Waals surface area (Å²) >= 11 is 0. The molecule has 0 atom stereocenters. The molecule has 0 spiro atoms. The molecule has 0 rings (SSSR count). The fraction of sp³-hybridized carbons (Fsp3) is 1.00. The monoisotopic (exact) mass is 169 g/mol. The summed E-state index contributed by atoms with van der Waals surface area (Å²) in [5, 5.41) is 0. The maximum absolute atomic E-state index is 10.5. The van der Waals surface area contributed by atoms with Gasteiger partial charge >= 0.3 is 10.3 Å². The molecule has 0 amide bonds. The van der Waals surface area contributed by atoms with Crippen LogP contribution >= 0.6 is 0 Å². The molecule has 1 N–H and O–H groups in total. The lowest BCUT2D eigenvalue weighted by atomic mass is 10.8. The van der Waals surface area contributed by atoms with Gasteiger partial charge in [0.25, 0.3) is 0 Å². The van der Waals surface area contributed by atoms with Gasteiger partial charge in [0, 0.05) is 14.2 Å². The molecule has 0 unspecified atom stereocenters. The van der Waals surface area contributed by atoms with E-state index in [-0.39, 0.29) is 13.2 Å². The number of hydrogen-bond donors (Lipinski definition) is 1. The van der Waals surface area contributed by atoms with Crippen molar-refractivity contribution in [3.8, 4) is 0 Å². The maximum atomic E-state index is 10.5. The molecular weight excluding hydrogens is 158 g/mol. The fourth-order valence-electron chi connectivity index (χ4n) is 0.286. The van der Waals surface area contributed by atoms with Crippen molar-refractivity contribution in [1.29, 1.82) is 0 Å². The summed E-state index contributed by atoms with van der Waals surface area (Å²) in [6.07, 6.45) is 0. The molecule has 6 heteroatoms. The largest absolute Gasteiger partial charge is 0.382 e. The van der Waals surface area contributed by atoms with E-state index in [9.17, 15) is 8.42 Å². The fourth-order valence-corrected chi connectivity index (χ4v) is 0.691. The molecule has 62 valence electrons. The first kappa shape index (κ1) is 9.83. The Labute approximate surface area is 60.6 Å². The molecule has 0 aliphatic rings. The zero-order valence-corrected chi connectivity index (χ0v) is 6.77. The lowest BCUT2D eigenvalue weighted by Crippen LogP contribution is -2.22. The van der Waals surface area contributed by atoms with Crippen molar-refractivity contribution in [2.75, 3.05) is 27.4 Å². The highest BCUT2D eigenvalue weighted by Gasteiger charge is 2.04. The molecule has 0 aliphatic heterocycles. The number of hydrogen-bond acceptors (Lipinski definition) is 4. The highest BCUT2D eigenvalue weighted by atomic mass is 32.2. The Morgan fingerprint density at radius 2 is 2.00 bits per heavy atom. The van der Waals surface area contributed by atoms with Crippen LogP contribution in [-0.2, 0) is 19.2 Å². The minimum Gasteiger partial charge on any atom is -0.382 e. The summed E-state index contributed by atoms with van der Waals surface area (Å²) in [7, 11) is -0.774. The number of nitrogens with one attached hydrogen (secondary N) is 1. The van der Waals surface area contributed by atoms with Crippen LogP contribution in [0.2, 0.25) is 0 Å². The summed E-state index contributed by atoms with van der Waals surface area (Å²) in [5.74, 6) is 0. The van der Waals surface area contributed by atoms with Crippen molar-refractivity contribution >= 4 is 10.3 Å². The third-order valence-electron chi connectivity index (χ3n) is 0.776. The topological polar surface area (TPSA) is 64.6 Å². The van der Waals surface area contributed by atoms with E-state index >= 15 is 0 Å². The first-order valence-corrected chi connectivity index (χ1v) is 4.10. The van der Waals surface area contributed by atoms with Crippen molar-refractivity contribution in [1.82, 2.24) is 4.72 Å². The van der Waals surface area contributed by atoms with Crippen molar-refractivity contribution < 1.29 is 17.3 Å². The Bertz CT molecular complexity index is 164. The predicted molar refractivity (Wildman–Crippen MR) is 35.8 cm³/mol. The third kappa shape index (κ3) is 4.68. The van der Waals surface area contributed by atoms with Gasteiger partial charge in [0.05, 0.1) is 13.2 Å². The minimum absolute atomic E-state index is 0.0413. The average molecular weight is 169 g/mol. The normalized spacial score (nSPS) is 11.8. The van der Waals surface area contributed by atoms with Gasteiger partial charge in [0.2, 0.25) is 0 Å². The predicted octanol–water partition coefficient (Wildman–Crippen LogP) is -0.886. The maximum Gasteiger partial charge on any atom is 0.335 e. The Morgan fingerprint density at radius 3 is 2.40 bits per heavy atom. The van der Waals surface area contributed by atoms with E-state index in [1.165, 1.54) is 14.2 Å². The Morgan fingerprint density at radius 1 is 1.40 bits per heavy atom. The standard InChI is InChI=1S/C4H11NO4S/c1-5-10(6,7)9-4-3-8-2/h5H,3-4H2,1-2H3. The van der Waals surface area contributed by atoms with Gasteiger partial charge in [-0.25, -0.2) is 0 Å². The van der Waals surface area contributed by atoms with Crippen LogP contribution in [0.4, 0.5) is 0 Å². The highest BCUT2D eigenvalue weighted by molar-refractivity contribution is 7.84. The third-order valence-corrected chi connectivity index (χ3v) is 1.75.